The van der Waals surface area contributed by atoms with Crippen molar-refractivity contribution in [1.29, 1.82) is 0 Å². The Hall–Kier alpha value is -16.4. The van der Waals surface area contributed by atoms with Crippen molar-refractivity contribution in [3.05, 3.63) is 437 Å². The van der Waals surface area contributed by atoms with E-state index in [-0.39, 0.29) is 0 Å². The number of hydrogen-bond acceptors (Lipinski definition) is 12. The lowest BCUT2D eigenvalue weighted by Crippen LogP contribution is -2.00. The molecule has 12 nitrogen and oxygen atoms in total. The van der Waals surface area contributed by atoms with Gasteiger partial charge in [-0.05, 0) is 118 Å². The van der Waals surface area contributed by atoms with Crippen LogP contribution < -0.4 is 0 Å². The highest BCUT2D eigenvalue weighted by atomic mass is 15.1. The van der Waals surface area contributed by atoms with E-state index in [2.05, 4.69) is 203 Å². The summed E-state index contributed by atoms with van der Waals surface area (Å²) in [6.45, 7) is 0. The van der Waals surface area contributed by atoms with E-state index in [4.69, 9.17) is 44.9 Å². The van der Waals surface area contributed by atoms with Crippen molar-refractivity contribution < 1.29 is 0 Å². The lowest BCUT2D eigenvalue weighted by molar-refractivity contribution is 1.08. The van der Waals surface area contributed by atoms with Gasteiger partial charge in [0.25, 0.3) is 0 Å². The third-order valence-corrected chi connectivity index (χ3v) is 21.1. The molecule has 0 unspecified atom stereocenters. The van der Waals surface area contributed by atoms with Crippen LogP contribution >= 0.6 is 0 Å². The zero-order valence-corrected chi connectivity index (χ0v) is 64.9. The monoisotopic (exact) mass is 1540 g/mol. The summed E-state index contributed by atoms with van der Waals surface area (Å²) in [6.07, 6.45) is 9.15. The predicted molar refractivity (Wildman–Crippen MR) is 487 cm³/mol. The molecule has 6 aromatic heterocycles. The number of nitrogens with zero attached hydrogens (tertiary/aromatic N) is 12. The highest BCUT2D eigenvalue weighted by Crippen LogP contribution is 2.41. The minimum atomic E-state index is 0.654. The van der Waals surface area contributed by atoms with E-state index in [1.54, 1.807) is 6.20 Å². The SMILES string of the molecule is c1ccc(-c2nc(-c3ccccc3)nc(-c3cccc4c(-c5ccc(-c6ccccn6)cc5)cccc34)n2)cc1.c1ccc(-c2nc(-c3ccccc3)nc(-c3cccc4c(-c5ccc(-c6cccnc6)cc5)cccc34)n2)cc1.c1ccc(-c2nc(-c3ccccc3)nc(-c3cccc4c(-c5ccc(-c6ccncc6)cc5)cccc34)n2)cc1. The molecule has 0 radical (unpaired) electrons. The summed E-state index contributed by atoms with van der Waals surface area (Å²) >= 11 is 0. The molecule has 0 N–H and O–H groups in total. The summed E-state index contributed by atoms with van der Waals surface area (Å²) in [4.78, 5) is 57.2. The summed E-state index contributed by atoms with van der Waals surface area (Å²) in [6, 6.07) is 139. The number of fused-ring (bicyclic) bond motifs is 3. The standard InChI is InChI=1S/3C36H24N4/c1-3-10-27(11-4-1)34-38-35(28-12-5-2-6-13-28)40-36(39-34)33-18-8-16-31-30(15-7-17-32(31)33)26-21-19-25(20-22-26)29-14-9-23-37-24-29;1-3-9-28(10-4-1)34-38-35(29-11-5-2-6-12-29)40-36(39-34)33-16-8-14-31-30(13-7-15-32(31)33)27-19-17-25(18-20-27)26-21-23-37-24-22-26;1-3-11-27(12-4-1)34-38-35(28-13-5-2-6-14-28)40-36(39-34)32-18-10-16-30-29(15-9-17-31(30)32)25-20-22-26(23-21-25)33-19-7-8-24-37-33/h3*1-24H. The maximum atomic E-state index is 4.97. The second kappa shape index (κ2) is 34.3. The molecule has 0 aliphatic rings. The molecule has 0 aliphatic heterocycles. The molecule has 0 aliphatic carbocycles. The Morgan fingerprint density at radius 2 is 0.375 bits per heavy atom. The van der Waals surface area contributed by atoms with Gasteiger partial charge in [-0.2, -0.15) is 0 Å². The van der Waals surface area contributed by atoms with Crippen LogP contribution in [-0.2, 0) is 0 Å². The first-order valence-electron chi connectivity index (χ1n) is 39.7. The van der Waals surface area contributed by atoms with Crippen LogP contribution in [0.25, 0.3) is 202 Å². The number of hydrogen-bond donors (Lipinski definition) is 0. The summed E-state index contributed by atoms with van der Waals surface area (Å²) in [5.41, 5.74) is 22.2. The fourth-order valence-corrected chi connectivity index (χ4v) is 15.2. The first kappa shape index (κ1) is 73.7. The third-order valence-electron chi connectivity index (χ3n) is 21.1. The molecule has 0 atom stereocenters. The quantitative estimate of drug-likeness (QED) is 0.0959. The van der Waals surface area contributed by atoms with Gasteiger partial charge in [-0.3, -0.25) is 15.0 Å². The van der Waals surface area contributed by atoms with Gasteiger partial charge in [-0.25, -0.2) is 44.9 Å². The largest absolute Gasteiger partial charge is 0.265 e. The highest BCUT2D eigenvalue weighted by Gasteiger charge is 2.21. The Bertz CT molecular complexity index is 6270. The highest BCUT2D eigenvalue weighted by molar-refractivity contribution is 6.06. The molecule has 120 heavy (non-hydrogen) atoms. The van der Waals surface area contributed by atoms with E-state index in [1.165, 1.54) is 11.1 Å². The van der Waals surface area contributed by atoms with E-state index in [1.807, 2.05) is 243 Å². The molecule has 0 fully saturated rings. The molecule has 0 saturated carbocycles. The Morgan fingerprint density at radius 3 is 0.667 bits per heavy atom. The molecule has 21 rings (SSSR count). The second-order valence-electron chi connectivity index (χ2n) is 28.7. The van der Waals surface area contributed by atoms with Crippen molar-refractivity contribution in [2.45, 2.75) is 0 Å². The van der Waals surface area contributed by atoms with Gasteiger partial charge in [0.15, 0.2) is 52.4 Å². The molecule has 15 aromatic carbocycles. The van der Waals surface area contributed by atoms with Crippen molar-refractivity contribution in [2.75, 3.05) is 0 Å². The summed E-state index contributed by atoms with van der Waals surface area (Å²) in [7, 11) is 0. The fraction of sp³-hybridized carbons (Fsp3) is 0. The molecular formula is C108H72N12. The lowest BCUT2D eigenvalue weighted by Gasteiger charge is -2.13. The van der Waals surface area contributed by atoms with Crippen LogP contribution in [0.5, 0.6) is 0 Å². The number of benzene rings is 15. The first-order valence-corrected chi connectivity index (χ1v) is 39.7. The van der Waals surface area contributed by atoms with Crippen LogP contribution in [0.15, 0.2) is 437 Å². The predicted octanol–water partition coefficient (Wildman–Crippen LogP) is 26.3. The van der Waals surface area contributed by atoms with E-state index in [0.717, 1.165) is 138 Å². The molecule has 0 spiro atoms. The summed E-state index contributed by atoms with van der Waals surface area (Å²) < 4.78 is 0. The number of pyridine rings is 3. The van der Waals surface area contributed by atoms with Gasteiger partial charge in [0.1, 0.15) is 0 Å². The van der Waals surface area contributed by atoms with Crippen molar-refractivity contribution >= 4 is 32.3 Å². The molecule has 0 saturated heterocycles. The van der Waals surface area contributed by atoms with Gasteiger partial charge in [0, 0.05) is 86.6 Å². The Kier molecular flexibility index (Phi) is 21.1. The van der Waals surface area contributed by atoms with E-state index >= 15 is 0 Å². The Morgan fingerprint density at radius 1 is 0.125 bits per heavy atom. The number of rotatable bonds is 15. The van der Waals surface area contributed by atoms with Crippen molar-refractivity contribution in [3.63, 3.8) is 0 Å². The molecule has 12 heteroatoms. The van der Waals surface area contributed by atoms with Crippen LogP contribution in [-0.4, -0.2) is 59.8 Å². The minimum absolute atomic E-state index is 0.654. The average molecular weight is 1540 g/mol. The van der Waals surface area contributed by atoms with E-state index < -0.39 is 0 Å². The summed E-state index contributed by atoms with van der Waals surface area (Å²) in [5, 5.41) is 6.74. The second-order valence-corrected chi connectivity index (χ2v) is 28.7. The smallest absolute Gasteiger partial charge is 0.164 e. The zero-order chi connectivity index (χ0) is 80.2. The van der Waals surface area contributed by atoms with Crippen LogP contribution in [0.2, 0.25) is 0 Å². The molecule has 6 heterocycles. The fourth-order valence-electron chi connectivity index (χ4n) is 15.2. The van der Waals surface area contributed by atoms with Gasteiger partial charge < -0.3 is 0 Å². The maximum absolute atomic E-state index is 4.97. The Labute approximate surface area is 694 Å². The van der Waals surface area contributed by atoms with E-state index in [0.29, 0.717) is 52.4 Å². The number of aromatic nitrogens is 12. The van der Waals surface area contributed by atoms with Crippen molar-refractivity contribution in [1.82, 2.24) is 59.8 Å². The van der Waals surface area contributed by atoms with Crippen LogP contribution in [0, 0.1) is 0 Å². The van der Waals surface area contributed by atoms with Gasteiger partial charge in [-0.1, -0.05) is 376 Å². The van der Waals surface area contributed by atoms with Crippen molar-refractivity contribution in [3.8, 4) is 169 Å². The normalized spacial score (nSPS) is 11.0. The molecule has 564 valence electrons. The lowest BCUT2D eigenvalue weighted by atomic mass is 9.94. The van der Waals surface area contributed by atoms with Crippen LogP contribution in [0.3, 0.4) is 0 Å². The summed E-state index contributed by atoms with van der Waals surface area (Å²) in [5.74, 6) is 5.90. The third kappa shape index (κ3) is 16.0. The van der Waals surface area contributed by atoms with Gasteiger partial charge in [0.2, 0.25) is 0 Å². The zero-order valence-electron chi connectivity index (χ0n) is 64.9. The molecular weight excluding hydrogens is 1470 g/mol. The minimum Gasteiger partial charge on any atom is -0.265 e. The van der Waals surface area contributed by atoms with Gasteiger partial charge in [-0.15, -0.1) is 0 Å². The van der Waals surface area contributed by atoms with Crippen molar-refractivity contribution in [2.24, 2.45) is 0 Å². The average Bonchev–Trinajstić information content (AvgIpc) is 0.774. The van der Waals surface area contributed by atoms with Gasteiger partial charge >= 0.3 is 0 Å². The van der Waals surface area contributed by atoms with Crippen LogP contribution in [0.1, 0.15) is 0 Å². The molecule has 21 aromatic rings. The molecule has 0 bridgehead atoms. The molecule has 0 amide bonds. The Balaban J connectivity index is 0.000000119. The van der Waals surface area contributed by atoms with Crippen LogP contribution in [0.4, 0.5) is 0 Å². The first-order chi connectivity index (χ1) is 59.5. The van der Waals surface area contributed by atoms with E-state index in [9.17, 15) is 0 Å². The maximum Gasteiger partial charge on any atom is 0.164 e. The topological polar surface area (TPSA) is 155 Å². The van der Waals surface area contributed by atoms with Gasteiger partial charge in [0.05, 0.1) is 5.69 Å².